The fraction of sp³-hybridized carbons (Fsp3) is 1.00. The van der Waals surface area contributed by atoms with Crippen LogP contribution < -0.4 is 5.32 Å². The van der Waals surface area contributed by atoms with Gasteiger partial charge in [0.25, 0.3) is 0 Å². The second-order valence-electron chi connectivity index (χ2n) is 4.00. The molecule has 0 bridgehead atoms. The highest BCUT2D eigenvalue weighted by atomic mass is 16.5. The number of ether oxygens (including phenoxy) is 2. The van der Waals surface area contributed by atoms with Gasteiger partial charge in [-0.25, -0.2) is 0 Å². The van der Waals surface area contributed by atoms with Gasteiger partial charge in [0.05, 0.1) is 6.10 Å². The topological polar surface area (TPSA) is 30.5 Å². The Hall–Kier alpha value is -0.120. The zero-order chi connectivity index (χ0) is 8.93. The van der Waals surface area contributed by atoms with E-state index in [2.05, 4.69) is 5.32 Å². The summed E-state index contributed by atoms with van der Waals surface area (Å²) in [6.45, 7) is 5.09. The van der Waals surface area contributed by atoms with Crippen molar-refractivity contribution < 1.29 is 9.47 Å². The molecule has 0 unspecified atom stereocenters. The first kappa shape index (κ1) is 9.44. The summed E-state index contributed by atoms with van der Waals surface area (Å²) in [5.74, 6) is 0.875. The maximum absolute atomic E-state index is 5.78. The zero-order valence-corrected chi connectivity index (χ0v) is 8.13. The molecular weight excluding hydrogens is 166 g/mol. The number of hydrogen-bond donors (Lipinski definition) is 1. The molecule has 0 aromatic rings. The van der Waals surface area contributed by atoms with E-state index in [0.29, 0.717) is 6.10 Å². The molecule has 2 aliphatic rings. The van der Waals surface area contributed by atoms with Gasteiger partial charge in [0.2, 0.25) is 0 Å². The molecule has 3 heteroatoms. The smallest absolute Gasteiger partial charge is 0.0619 e. The lowest BCUT2D eigenvalue weighted by molar-refractivity contribution is -0.0363. The zero-order valence-electron chi connectivity index (χ0n) is 8.13. The van der Waals surface area contributed by atoms with Gasteiger partial charge < -0.3 is 14.8 Å². The van der Waals surface area contributed by atoms with Crippen LogP contribution in [0.3, 0.4) is 0 Å². The lowest BCUT2D eigenvalue weighted by Gasteiger charge is -2.28. The lowest BCUT2D eigenvalue weighted by Crippen LogP contribution is -2.42. The van der Waals surface area contributed by atoms with Gasteiger partial charge in [-0.15, -0.1) is 0 Å². The minimum absolute atomic E-state index is 0.474. The Bertz CT molecular complexity index is 142. The lowest BCUT2D eigenvalue weighted by atomic mass is 10.0. The molecule has 2 aliphatic heterocycles. The Balaban J connectivity index is 1.50. The largest absolute Gasteiger partial charge is 0.381 e. The summed E-state index contributed by atoms with van der Waals surface area (Å²) in [6, 6.07) is 0. The Kier molecular flexibility index (Phi) is 3.58. The second-order valence-corrected chi connectivity index (χ2v) is 4.00. The van der Waals surface area contributed by atoms with Crippen LogP contribution in [-0.2, 0) is 9.47 Å². The van der Waals surface area contributed by atoms with E-state index in [-0.39, 0.29) is 0 Å². The van der Waals surface area contributed by atoms with Crippen LogP contribution in [0, 0.1) is 5.92 Å². The van der Waals surface area contributed by atoms with Crippen molar-refractivity contribution in [2.75, 3.05) is 32.9 Å². The third kappa shape index (κ3) is 2.93. The van der Waals surface area contributed by atoms with Crippen LogP contribution in [0.5, 0.6) is 0 Å². The molecule has 0 spiro atoms. The molecule has 3 nitrogen and oxygen atoms in total. The third-order valence-electron chi connectivity index (χ3n) is 2.91. The monoisotopic (exact) mass is 185 g/mol. The fourth-order valence-electron chi connectivity index (χ4n) is 1.80. The van der Waals surface area contributed by atoms with E-state index < -0.39 is 0 Å². The van der Waals surface area contributed by atoms with Crippen molar-refractivity contribution in [3.05, 3.63) is 0 Å². The van der Waals surface area contributed by atoms with Gasteiger partial charge in [0.1, 0.15) is 0 Å². The minimum atomic E-state index is 0.474. The minimum Gasteiger partial charge on any atom is -0.381 e. The summed E-state index contributed by atoms with van der Waals surface area (Å²) in [5.41, 5.74) is 0. The van der Waals surface area contributed by atoms with Gasteiger partial charge in [-0.3, -0.25) is 0 Å². The molecule has 0 amide bonds. The van der Waals surface area contributed by atoms with Crippen LogP contribution in [0.2, 0.25) is 0 Å². The first-order valence-electron chi connectivity index (χ1n) is 5.35. The molecule has 0 atom stereocenters. The molecule has 1 N–H and O–H groups in total. The highest BCUT2D eigenvalue weighted by Crippen LogP contribution is 2.13. The average molecular weight is 185 g/mol. The van der Waals surface area contributed by atoms with E-state index >= 15 is 0 Å². The van der Waals surface area contributed by atoms with Gasteiger partial charge in [0, 0.05) is 19.8 Å². The maximum atomic E-state index is 5.78. The molecule has 2 fully saturated rings. The summed E-state index contributed by atoms with van der Waals surface area (Å²) in [6.07, 6.45) is 3.87. The van der Waals surface area contributed by atoms with Crippen molar-refractivity contribution in [3.8, 4) is 0 Å². The van der Waals surface area contributed by atoms with E-state index in [1.807, 2.05) is 0 Å². The van der Waals surface area contributed by atoms with Crippen LogP contribution >= 0.6 is 0 Å². The van der Waals surface area contributed by atoms with Crippen molar-refractivity contribution >= 4 is 0 Å². The third-order valence-corrected chi connectivity index (χ3v) is 2.91. The molecule has 2 heterocycles. The highest BCUT2D eigenvalue weighted by molar-refractivity contribution is 4.74. The van der Waals surface area contributed by atoms with Crippen molar-refractivity contribution in [2.45, 2.75) is 25.4 Å². The molecule has 0 radical (unpaired) electrons. The average Bonchev–Trinajstić information content (AvgIpc) is 2.11. The molecule has 76 valence electrons. The van der Waals surface area contributed by atoms with E-state index in [4.69, 9.17) is 9.47 Å². The molecule has 2 rings (SSSR count). The number of nitrogens with one attached hydrogen (secondary N) is 1. The van der Waals surface area contributed by atoms with Gasteiger partial charge >= 0.3 is 0 Å². The Morgan fingerprint density at radius 3 is 2.62 bits per heavy atom. The Morgan fingerprint density at radius 1 is 1.23 bits per heavy atom. The standard InChI is InChI=1S/C10H19NO2/c1(9-7-11-8-9)6-13-10-2-4-12-5-3-10/h9-11H,1-8H2. The SMILES string of the molecule is C1CC(OCCC2CNC2)CCO1. The van der Waals surface area contributed by atoms with Crippen LogP contribution in [0.15, 0.2) is 0 Å². The van der Waals surface area contributed by atoms with Crippen molar-refractivity contribution in [3.63, 3.8) is 0 Å². The van der Waals surface area contributed by atoms with Crippen molar-refractivity contribution in [1.29, 1.82) is 0 Å². The number of rotatable bonds is 4. The van der Waals surface area contributed by atoms with Gasteiger partial charge in [0.15, 0.2) is 0 Å². The summed E-state index contributed by atoms with van der Waals surface area (Å²) >= 11 is 0. The van der Waals surface area contributed by atoms with Crippen molar-refractivity contribution in [2.24, 2.45) is 5.92 Å². The molecule has 0 aromatic carbocycles. The van der Waals surface area contributed by atoms with E-state index in [9.17, 15) is 0 Å². The Labute approximate surface area is 79.8 Å². The van der Waals surface area contributed by atoms with Crippen LogP contribution in [-0.4, -0.2) is 39.0 Å². The molecular formula is C10H19NO2. The van der Waals surface area contributed by atoms with E-state index in [1.54, 1.807) is 0 Å². The van der Waals surface area contributed by atoms with Crippen molar-refractivity contribution in [1.82, 2.24) is 5.32 Å². The molecule has 0 aliphatic carbocycles. The molecule has 13 heavy (non-hydrogen) atoms. The first-order valence-corrected chi connectivity index (χ1v) is 5.35. The van der Waals surface area contributed by atoms with Gasteiger partial charge in [-0.05, 0) is 38.3 Å². The number of hydrogen-bond acceptors (Lipinski definition) is 3. The quantitative estimate of drug-likeness (QED) is 0.702. The predicted molar refractivity (Wildman–Crippen MR) is 50.8 cm³/mol. The Morgan fingerprint density at radius 2 is 2.00 bits per heavy atom. The molecule has 2 saturated heterocycles. The first-order chi connectivity index (χ1) is 6.45. The normalized spacial score (nSPS) is 25.8. The molecule has 0 saturated carbocycles. The van der Waals surface area contributed by atoms with E-state index in [0.717, 1.165) is 38.6 Å². The van der Waals surface area contributed by atoms with Gasteiger partial charge in [-0.2, -0.15) is 0 Å². The second kappa shape index (κ2) is 4.94. The summed E-state index contributed by atoms with van der Waals surface area (Å²) in [5, 5.41) is 3.27. The molecule has 0 aromatic heterocycles. The van der Waals surface area contributed by atoms with Gasteiger partial charge in [-0.1, -0.05) is 0 Å². The van der Waals surface area contributed by atoms with Crippen LogP contribution in [0.25, 0.3) is 0 Å². The van der Waals surface area contributed by atoms with Crippen LogP contribution in [0.4, 0.5) is 0 Å². The predicted octanol–water partition coefficient (Wildman–Crippen LogP) is 0.791. The van der Waals surface area contributed by atoms with E-state index in [1.165, 1.54) is 19.5 Å². The summed E-state index contributed by atoms with van der Waals surface area (Å²) < 4.78 is 11.1. The maximum Gasteiger partial charge on any atom is 0.0619 e. The highest BCUT2D eigenvalue weighted by Gasteiger charge is 2.18. The summed E-state index contributed by atoms with van der Waals surface area (Å²) in [4.78, 5) is 0. The summed E-state index contributed by atoms with van der Waals surface area (Å²) in [7, 11) is 0. The van der Waals surface area contributed by atoms with Crippen LogP contribution in [0.1, 0.15) is 19.3 Å². The fourth-order valence-corrected chi connectivity index (χ4v) is 1.80.